The number of aryl methyl sites for hydroxylation is 1. The highest BCUT2D eigenvalue weighted by Crippen LogP contribution is 2.31. The number of rotatable bonds is 13. The Bertz CT molecular complexity index is 1770. The smallest absolute Gasteiger partial charge is 0.264 e. The second-order valence-corrected chi connectivity index (χ2v) is 13.7. The van der Waals surface area contributed by atoms with Gasteiger partial charge in [0, 0.05) is 24.6 Å². The van der Waals surface area contributed by atoms with Crippen LogP contribution >= 0.6 is 23.2 Å². The molecule has 4 aromatic rings. The second kappa shape index (κ2) is 15.6. The second-order valence-electron chi connectivity index (χ2n) is 11.1. The molecular weight excluding hydrogens is 648 g/mol. The summed E-state index contributed by atoms with van der Waals surface area (Å²) in [7, 11) is -4.33. The minimum absolute atomic E-state index is 0.0482. The molecule has 0 spiro atoms. The van der Waals surface area contributed by atoms with E-state index in [9.17, 15) is 18.0 Å². The van der Waals surface area contributed by atoms with Crippen LogP contribution in [0.4, 0.5) is 10.1 Å². The third-order valence-corrected chi connectivity index (χ3v) is 10.2. The Morgan fingerprint density at radius 3 is 2.17 bits per heavy atom. The molecule has 0 saturated heterocycles. The van der Waals surface area contributed by atoms with Gasteiger partial charge in [0.1, 0.15) is 18.4 Å². The van der Waals surface area contributed by atoms with E-state index in [1.165, 1.54) is 53.4 Å². The van der Waals surface area contributed by atoms with Gasteiger partial charge in [-0.15, -0.1) is 0 Å². The molecule has 1 N–H and O–H groups in total. The number of hydrogen-bond donors (Lipinski definition) is 1. The maximum Gasteiger partial charge on any atom is 0.264 e. The van der Waals surface area contributed by atoms with Crippen molar-refractivity contribution in [2.45, 2.75) is 57.1 Å². The van der Waals surface area contributed by atoms with Crippen molar-refractivity contribution in [3.05, 3.63) is 130 Å². The lowest BCUT2D eigenvalue weighted by atomic mass is 10.0. The summed E-state index contributed by atoms with van der Waals surface area (Å²) >= 11 is 12.4. The predicted octanol–water partition coefficient (Wildman–Crippen LogP) is 7.19. The molecular formula is C35H36Cl2FN3O4S. The van der Waals surface area contributed by atoms with Crippen molar-refractivity contribution >= 4 is 50.7 Å². The van der Waals surface area contributed by atoms with Crippen molar-refractivity contribution in [3.63, 3.8) is 0 Å². The number of amides is 2. The lowest BCUT2D eigenvalue weighted by molar-refractivity contribution is -0.140. The van der Waals surface area contributed by atoms with Gasteiger partial charge in [-0.1, -0.05) is 96.4 Å². The van der Waals surface area contributed by atoms with Crippen LogP contribution in [0.2, 0.25) is 10.0 Å². The van der Waals surface area contributed by atoms with E-state index in [0.717, 1.165) is 15.4 Å². The van der Waals surface area contributed by atoms with E-state index in [-0.39, 0.29) is 45.2 Å². The first-order valence-electron chi connectivity index (χ1n) is 14.8. The Kier molecular flexibility index (Phi) is 11.8. The molecule has 0 aliphatic rings. The van der Waals surface area contributed by atoms with Gasteiger partial charge in [0.15, 0.2) is 0 Å². The molecule has 2 amide bonds. The molecule has 0 aliphatic heterocycles. The van der Waals surface area contributed by atoms with Crippen molar-refractivity contribution in [2.24, 2.45) is 0 Å². The highest BCUT2D eigenvalue weighted by Gasteiger charge is 2.35. The fourth-order valence-electron chi connectivity index (χ4n) is 4.81. The standard InChI is InChI=1S/C35H36Cl2FN3O4S/c1-4-25(3)39-35(43)33(20-26-10-6-5-7-11-26)40(22-27-12-8-9-13-32(27)38)34(42)23-41(28-16-19-30(36)31(37)21-28)46(44,45)29-17-14-24(2)15-18-29/h5-19,21,25,33H,4,20,22-23H2,1-3H3,(H,39,43)/t25-,33-/m0/s1. The summed E-state index contributed by atoms with van der Waals surface area (Å²) in [5, 5.41) is 3.25. The quantitative estimate of drug-likeness (QED) is 0.162. The lowest BCUT2D eigenvalue weighted by Crippen LogP contribution is -2.54. The lowest BCUT2D eigenvalue weighted by Gasteiger charge is -2.34. The van der Waals surface area contributed by atoms with Crippen molar-refractivity contribution in [1.82, 2.24) is 10.2 Å². The fraction of sp³-hybridized carbons (Fsp3) is 0.257. The zero-order chi connectivity index (χ0) is 33.4. The molecule has 0 aromatic heterocycles. The summed E-state index contributed by atoms with van der Waals surface area (Å²) in [6.07, 6.45) is 0.756. The average Bonchev–Trinajstić information content (AvgIpc) is 3.04. The monoisotopic (exact) mass is 683 g/mol. The zero-order valence-corrected chi connectivity index (χ0v) is 28.1. The molecule has 46 heavy (non-hydrogen) atoms. The molecule has 0 bridgehead atoms. The number of benzene rings is 4. The van der Waals surface area contributed by atoms with Crippen LogP contribution in [0.5, 0.6) is 0 Å². The number of anilines is 1. The normalized spacial score (nSPS) is 12.7. The fourth-order valence-corrected chi connectivity index (χ4v) is 6.51. The third kappa shape index (κ3) is 8.66. The van der Waals surface area contributed by atoms with Gasteiger partial charge in [0.2, 0.25) is 11.8 Å². The minimum Gasteiger partial charge on any atom is -0.352 e. The molecule has 2 atom stereocenters. The van der Waals surface area contributed by atoms with Crippen molar-refractivity contribution < 1.29 is 22.4 Å². The van der Waals surface area contributed by atoms with Gasteiger partial charge < -0.3 is 10.2 Å². The summed E-state index contributed by atoms with van der Waals surface area (Å²) in [5.74, 6) is -1.72. The SMILES string of the molecule is CC[C@H](C)NC(=O)[C@H](Cc1ccccc1)N(Cc1ccccc1F)C(=O)CN(c1ccc(Cl)c(Cl)c1)S(=O)(=O)c1ccc(C)cc1. The van der Waals surface area contributed by atoms with Crippen molar-refractivity contribution in [3.8, 4) is 0 Å². The van der Waals surface area contributed by atoms with E-state index in [0.29, 0.717) is 6.42 Å². The third-order valence-electron chi connectivity index (χ3n) is 7.65. The maximum atomic E-state index is 15.1. The molecule has 0 aliphatic carbocycles. The zero-order valence-electron chi connectivity index (χ0n) is 25.8. The van der Waals surface area contributed by atoms with Gasteiger partial charge in [0.25, 0.3) is 10.0 Å². The summed E-state index contributed by atoms with van der Waals surface area (Å²) < 4.78 is 44.2. The number of carbonyl (C=O) groups excluding carboxylic acids is 2. The van der Waals surface area contributed by atoms with Crippen LogP contribution in [-0.2, 0) is 32.6 Å². The molecule has 0 saturated carbocycles. The van der Waals surface area contributed by atoms with Gasteiger partial charge in [-0.2, -0.15) is 0 Å². The molecule has 11 heteroatoms. The molecule has 4 aromatic carbocycles. The molecule has 0 fully saturated rings. The number of nitrogens with one attached hydrogen (secondary N) is 1. The molecule has 7 nitrogen and oxygen atoms in total. The Labute approximate surface area is 280 Å². The van der Waals surface area contributed by atoms with E-state index in [1.54, 1.807) is 18.2 Å². The number of sulfonamides is 1. The van der Waals surface area contributed by atoms with Crippen LogP contribution in [0.15, 0.2) is 102 Å². The first-order valence-corrected chi connectivity index (χ1v) is 17.0. The molecule has 242 valence electrons. The summed E-state index contributed by atoms with van der Waals surface area (Å²) in [6, 6.07) is 24.3. The van der Waals surface area contributed by atoms with Crippen LogP contribution in [0.25, 0.3) is 0 Å². The number of carbonyl (C=O) groups is 2. The number of nitrogens with zero attached hydrogens (tertiary/aromatic N) is 2. The summed E-state index contributed by atoms with van der Waals surface area (Å²) in [4.78, 5) is 29.5. The van der Waals surface area contributed by atoms with Crippen LogP contribution in [0.1, 0.15) is 37.0 Å². The van der Waals surface area contributed by atoms with E-state index in [4.69, 9.17) is 23.2 Å². The maximum absolute atomic E-state index is 15.1. The van der Waals surface area contributed by atoms with Gasteiger partial charge in [-0.25, -0.2) is 12.8 Å². The first-order chi connectivity index (χ1) is 21.9. The van der Waals surface area contributed by atoms with E-state index >= 15 is 4.39 Å². The number of hydrogen-bond acceptors (Lipinski definition) is 4. The highest BCUT2D eigenvalue weighted by molar-refractivity contribution is 7.92. The first kappa shape index (κ1) is 34.9. The van der Waals surface area contributed by atoms with Gasteiger partial charge >= 0.3 is 0 Å². The van der Waals surface area contributed by atoms with Crippen LogP contribution in [-0.4, -0.2) is 43.8 Å². The Hall–Kier alpha value is -3.92. The average molecular weight is 685 g/mol. The summed E-state index contributed by atoms with van der Waals surface area (Å²) in [5.41, 5.74) is 1.89. The molecule has 0 unspecified atom stereocenters. The van der Waals surface area contributed by atoms with Crippen molar-refractivity contribution in [1.29, 1.82) is 0 Å². The van der Waals surface area contributed by atoms with Gasteiger partial charge in [0.05, 0.1) is 20.6 Å². The molecule has 0 heterocycles. The Morgan fingerprint density at radius 1 is 0.891 bits per heavy atom. The van der Waals surface area contributed by atoms with Crippen LogP contribution < -0.4 is 9.62 Å². The Morgan fingerprint density at radius 2 is 1.54 bits per heavy atom. The van der Waals surface area contributed by atoms with Crippen molar-refractivity contribution in [2.75, 3.05) is 10.8 Å². The number of halogens is 3. The molecule has 0 radical (unpaired) electrons. The largest absolute Gasteiger partial charge is 0.352 e. The van der Waals surface area contributed by atoms with E-state index in [1.807, 2.05) is 51.1 Å². The molecule has 4 rings (SSSR count). The Balaban J connectivity index is 1.83. The van der Waals surface area contributed by atoms with Crippen LogP contribution in [0.3, 0.4) is 0 Å². The van der Waals surface area contributed by atoms with Gasteiger partial charge in [-0.3, -0.25) is 13.9 Å². The predicted molar refractivity (Wildman–Crippen MR) is 181 cm³/mol. The highest BCUT2D eigenvalue weighted by atomic mass is 35.5. The van der Waals surface area contributed by atoms with Gasteiger partial charge in [-0.05, 0) is 62.2 Å². The topological polar surface area (TPSA) is 86.8 Å². The van der Waals surface area contributed by atoms with E-state index < -0.39 is 40.2 Å². The van der Waals surface area contributed by atoms with Crippen LogP contribution in [0, 0.1) is 12.7 Å². The summed E-state index contributed by atoms with van der Waals surface area (Å²) in [6.45, 7) is 4.61. The van der Waals surface area contributed by atoms with E-state index in [2.05, 4.69) is 5.32 Å². The minimum atomic E-state index is -4.33.